The van der Waals surface area contributed by atoms with E-state index in [1.807, 2.05) is 29.2 Å². The molecule has 1 aliphatic heterocycles. The molecule has 0 radical (unpaired) electrons. The summed E-state index contributed by atoms with van der Waals surface area (Å²) in [5, 5.41) is 21.5. The number of phenols is 1. The molecule has 4 rings (SSSR count). The van der Waals surface area contributed by atoms with Crippen molar-refractivity contribution in [3.63, 3.8) is 0 Å². The zero-order chi connectivity index (χ0) is 23.6. The molecule has 0 aromatic heterocycles. The van der Waals surface area contributed by atoms with Crippen LogP contribution in [0.4, 0.5) is 0 Å². The average molecular weight is 450 g/mol. The van der Waals surface area contributed by atoms with Crippen molar-refractivity contribution >= 4 is 12.0 Å². The molecule has 1 saturated carbocycles. The van der Waals surface area contributed by atoms with E-state index in [9.17, 15) is 15.0 Å². The Balaban J connectivity index is 1.64. The number of nitrogens with zero attached hydrogens (tertiary/aromatic N) is 1. The molecule has 33 heavy (non-hydrogen) atoms. The molecule has 2 aliphatic rings. The van der Waals surface area contributed by atoms with Crippen molar-refractivity contribution in [1.29, 1.82) is 0 Å². The smallest absolute Gasteiger partial charge is 0.247 e. The zero-order valence-corrected chi connectivity index (χ0v) is 19.8. The van der Waals surface area contributed by atoms with E-state index in [0.29, 0.717) is 24.6 Å². The van der Waals surface area contributed by atoms with Gasteiger partial charge in [0.15, 0.2) is 11.5 Å². The van der Waals surface area contributed by atoms with Gasteiger partial charge in [-0.1, -0.05) is 57.0 Å². The van der Waals surface area contributed by atoms with Crippen molar-refractivity contribution < 1.29 is 19.7 Å². The largest absolute Gasteiger partial charge is 0.504 e. The number of hydrogen-bond donors (Lipinski definition) is 2. The van der Waals surface area contributed by atoms with Crippen LogP contribution < -0.4 is 4.74 Å². The van der Waals surface area contributed by atoms with Gasteiger partial charge in [-0.3, -0.25) is 4.79 Å². The van der Waals surface area contributed by atoms with Crippen LogP contribution in [0.1, 0.15) is 74.6 Å². The van der Waals surface area contributed by atoms with Crippen molar-refractivity contribution in [3.8, 4) is 11.5 Å². The molecule has 0 spiro atoms. The van der Waals surface area contributed by atoms with Gasteiger partial charge in [0.2, 0.25) is 5.91 Å². The second-order valence-electron chi connectivity index (χ2n) is 9.77. The number of carbonyl (C=O) groups excluding carboxylic acids is 1. The van der Waals surface area contributed by atoms with E-state index in [4.69, 9.17) is 4.74 Å². The Labute approximate surface area is 196 Å². The third-order valence-corrected chi connectivity index (χ3v) is 7.42. The van der Waals surface area contributed by atoms with Crippen LogP contribution in [0.5, 0.6) is 11.5 Å². The van der Waals surface area contributed by atoms with Crippen LogP contribution in [0.15, 0.2) is 48.5 Å². The highest BCUT2D eigenvalue weighted by Gasteiger charge is 2.50. The fourth-order valence-corrected chi connectivity index (χ4v) is 5.47. The van der Waals surface area contributed by atoms with Crippen LogP contribution in [0.25, 0.3) is 6.08 Å². The number of methoxy groups -OCH3 is 1. The number of aliphatic hydroxyl groups is 1. The minimum Gasteiger partial charge on any atom is -0.504 e. The van der Waals surface area contributed by atoms with Gasteiger partial charge in [0.1, 0.15) is 0 Å². The molecule has 1 heterocycles. The molecule has 1 aliphatic carbocycles. The Morgan fingerprint density at radius 2 is 1.91 bits per heavy atom. The lowest BCUT2D eigenvalue weighted by atomic mass is 9.66. The van der Waals surface area contributed by atoms with Crippen LogP contribution in [-0.2, 0) is 4.79 Å². The first kappa shape index (κ1) is 23.4. The number of rotatable bonds is 5. The Hall–Kier alpha value is -2.79. The Morgan fingerprint density at radius 1 is 1.15 bits per heavy atom. The van der Waals surface area contributed by atoms with E-state index in [1.165, 1.54) is 12.7 Å². The minimum absolute atomic E-state index is 0.0445. The standard InChI is InChI=1S/C28H35NO4/c1-19(2)21-10-7-20(8-11-21)9-14-26(31)29-17-16-28(32)15-5-4-6-23(28)27(29)22-12-13-24(30)25(18-22)33-3/h7-14,18-19,23,27,30,32H,4-6,15-17H2,1-3H3/b14-9+/t23-,27-,28-/m1/s1. The summed E-state index contributed by atoms with van der Waals surface area (Å²) in [6.07, 6.45) is 7.78. The first-order valence-corrected chi connectivity index (χ1v) is 12.0. The third-order valence-electron chi connectivity index (χ3n) is 7.42. The van der Waals surface area contributed by atoms with Crippen LogP contribution in [0.3, 0.4) is 0 Å². The van der Waals surface area contributed by atoms with Gasteiger partial charge in [-0.25, -0.2) is 0 Å². The second kappa shape index (κ2) is 9.60. The van der Waals surface area contributed by atoms with Crippen molar-refractivity contribution in [1.82, 2.24) is 4.90 Å². The van der Waals surface area contributed by atoms with Gasteiger partial charge in [-0.2, -0.15) is 0 Å². The second-order valence-corrected chi connectivity index (χ2v) is 9.77. The summed E-state index contributed by atoms with van der Waals surface area (Å²) in [4.78, 5) is 15.3. The minimum atomic E-state index is -0.763. The van der Waals surface area contributed by atoms with Gasteiger partial charge < -0.3 is 19.8 Å². The quantitative estimate of drug-likeness (QED) is 0.597. The molecule has 5 heteroatoms. The maximum absolute atomic E-state index is 13.4. The van der Waals surface area contributed by atoms with Crippen LogP contribution in [0.2, 0.25) is 0 Å². The fraction of sp³-hybridized carbons (Fsp3) is 0.464. The molecule has 3 atom stereocenters. The maximum atomic E-state index is 13.4. The Kier molecular flexibility index (Phi) is 6.80. The number of aromatic hydroxyl groups is 1. The lowest BCUT2D eigenvalue weighted by Gasteiger charge is -2.52. The summed E-state index contributed by atoms with van der Waals surface area (Å²) in [5.74, 6) is 0.809. The van der Waals surface area contributed by atoms with Crippen LogP contribution in [0, 0.1) is 5.92 Å². The van der Waals surface area contributed by atoms with Crippen LogP contribution >= 0.6 is 0 Å². The van der Waals surface area contributed by atoms with Gasteiger partial charge in [-0.05, 0) is 60.1 Å². The first-order valence-electron chi connectivity index (χ1n) is 12.0. The van der Waals surface area contributed by atoms with Crippen molar-refractivity contribution in [2.45, 2.75) is 63.5 Å². The average Bonchev–Trinajstić information content (AvgIpc) is 2.82. The van der Waals surface area contributed by atoms with E-state index in [-0.39, 0.29) is 23.6 Å². The number of amides is 1. The first-order chi connectivity index (χ1) is 15.8. The molecule has 2 N–H and O–H groups in total. The summed E-state index contributed by atoms with van der Waals surface area (Å²) in [6.45, 7) is 4.82. The number of hydrogen-bond acceptors (Lipinski definition) is 4. The summed E-state index contributed by atoms with van der Waals surface area (Å²) in [7, 11) is 1.52. The van der Waals surface area contributed by atoms with Gasteiger partial charge in [0, 0.05) is 18.5 Å². The number of likely N-dealkylation sites (tertiary alicyclic amines) is 1. The monoisotopic (exact) mass is 449 g/mol. The van der Waals surface area contributed by atoms with Gasteiger partial charge in [0.05, 0.1) is 18.8 Å². The van der Waals surface area contributed by atoms with Gasteiger partial charge in [0.25, 0.3) is 0 Å². The molecule has 2 fully saturated rings. The topological polar surface area (TPSA) is 70.0 Å². The van der Waals surface area contributed by atoms with Gasteiger partial charge in [-0.15, -0.1) is 0 Å². The highest BCUT2D eigenvalue weighted by Crippen LogP contribution is 2.50. The number of phenolic OH excluding ortho intramolecular Hbond substituents is 1. The summed E-state index contributed by atoms with van der Waals surface area (Å²) >= 11 is 0. The number of benzene rings is 2. The molecule has 5 nitrogen and oxygen atoms in total. The third kappa shape index (κ3) is 4.79. The normalized spacial score (nSPS) is 25.3. The lowest BCUT2D eigenvalue weighted by molar-refractivity contribution is -0.150. The highest BCUT2D eigenvalue weighted by atomic mass is 16.5. The van der Waals surface area contributed by atoms with E-state index in [1.54, 1.807) is 18.2 Å². The van der Waals surface area contributed by atoms with E-state index < -0.39 is 5.60 Å². The summed E-state index contributed by atoms with van der Waals surface area (Å²) in [5.41, 5.74) is 2.38. The Bertz CT molecular complexity index is 1010. The van der Waals surface area contributed by atoms with E-state index >= 15 is 0 Å². The van der Waals surface area contributed by atoms with Gasteiger partial charge >= 0.3 is 0 Å². The zero-order valence-electron chi connectivity index (χ0n) is 19.8. The molecule has 176 valence electrons. The SMILES string of the molecule is COc1cc([C@@H]2[C@H]3CCCC[C@@]3(O)CCN2C(=O)/C=C/c2ccc(C(C)C)cc2)ccc1O. The fourth-order valence-electron chi connectivity index (χ4n) is 5.47. The predicted molar refractivity (Wildman–Crippen MR) is 130 cm³/mol. The number of piperidine rings is 1. The molecular formula is C28H35NO4. The molecule has 0 bridgehead atoms. The predicted octanol–water partition coefficient (Wildman–Crippen LogP) is 5.43. The molecule has 1 saturated heterocycles. The molecule has 1 amide bonds. The van der Waals surface area contributed by atoms with Crippen molar-refractivity contribution in [3.05, 3.63) is 65.2 Å². The molecule has 2 aromatic rings. The van der Waals surface area contributed by atoms with Crippen molar-refractivity contribution in [2.24, 2.45) is 5.92 Å². The lowest BCUT2D eigenvalue weighted by Crippen LogP contribution is -2.56. The van der Waals surface area contributed by atoms with E-state index in [0.717, 1.165) is 36.8 Å². The number of fused-ring (bicyclic) bond motifs is 1. The number of ether oxygens (including phenoxy) is 1. The van der Waals surface area contributed by atoms with E-state index in [2.05, 4.69) is 26.0 Å². The summed E-state index contributed by atoms with van der Waals surface area (Å²) in [6, 6.07) is 13.3. The van der Waals surface area contributed by atoms with Crippen molar-refractivity contribution in [2.75, 3.05) is 13.7 Å². The molecular weight excluding hydrogens is 414 g/mol. The maximum Gasteiger partial charge on any atom is 0.247 e. The van der Waals surface area contributed by atoms with Crippen LogP contribution in [-0.4, -0.2) is 40.3 Å². The molecule has 2 aromatic carbocycles. The summed E-state index contributed by atoms with van der Waals surface area (Å²) < 4.78 is 5.34. The number of carbonyl (C=O) groups is 1. The highest BCUT2D eigenvalue weighted by molar-refractivity contribution is 5.92. The molecule has 0 unspecified atom stereocenters. The Morgan fingerprint density at radius 3 is 2.61 bits per heavy atom.